The Kier molecular flexibility index (Phi) is 4.49. The summed E-state index contributed by atoms with van der Waals surface area (Å²) in [7, 11) is 0. The van der Waals surface area contributed by atoms with Gasteiger partial charge >= 0.3 is 0 Å². The quantitative estimate of drug-likeness (QED) is 0.569. The van der Waals surface area contributed by atoms with Crippen LogP contribution in [0.15, 0.2) is 0 Å². The van der Waals surface area contributed by atoms with Gasteiger partial charge in [-0.15, -0.1) is 0 Å². The smallest absolute Gasteiger partial charge is 0.248 e. The summed E-state index contributed by atoms with van der Waals surface area (Å²) in [5.41, 5.74) is 0. The molecule has 61 valence electrons. The molecule has 10 heavy (non-hydrogen) atoms. The second kappa shape index (κ2) is 4.58. The predicted molar refractivity (Wildman–Crippen MR) is 34.7 cm³/mol. The Morgan fingerprint density at radius 3 is 2.20 bits per heavy atom. The Hall–Kier alpha value is -0.210. The second-order valence-corrected chi connectivity index (χ2v) is 2.25. The van der Waals surface area contributed by atoms with E-state index in [0.29, 0.717) is 0 Å². The van der Waals surface area contributed by atoms with Gasteiger partial charge in [0.1, 0.15) is 0 Å². The predicted octanol–water partition coefficient (Wildman–Crippen LogP) is 2.99. The van der Waals surface area contributed by atoms with Gasteiger partial charge < -0.3 is 0 Å². The largest absolute Gasteiger partial charge is 0.251 e. The molecule has 0 aliphatic carbocycles. The van der Waals surface area contributed by atoms with Crippen LogP contribution < -0.4 is 0 Å². The molecule has 0 bridgehead atoms. The summed E-state index contributed by atoms with van der Waals surface area (Å²) in [6, 6.07) is 0. The minimum absolute atomic E-state index is 0.0486. The first-order chi connectivity index (χ1) is 4.62. The maximum atomic E-state index is 12.4. The summed E-state index contributed by atoms with van der Waals surface area (Å²) < 4.78 is 36.2. The molecular weight excluding hydrogens is 141 g/mol. The number of hydrogen-bond acceptors (Lipinski definition) is 0. The van der Waals surface area contributed by atoms with Crippen LogP contribution in [0.25, 0.3) is 0 Å². The van der Waals surface area contributed by atoms with Crippen molar-refractivity contribution in [1.82, 2.24) is 0 Å². The maximum Gasteiger partial charge on any atom is 0.248 e. The molecule has 0 aromatic rings. The number of alkyl halides is 3. The molecule has 0 saturated heterocycles. The molecule has 0 amide bonds. The zero-order valence-electron chi connectivity index (χ0n) is 5.88. The van der Waals surface area contributed by atoms with Crippen LogP contribution in [0.4, 0.5) is 13.2 Å². The molecule has 0 atom stereocenters. The van der Waals surface area contributed by atoms with E-state index in [1.807, 2.05) is 0 Å². The first-order valence-corrected chi connectivity index (χ1v) is 3.35. The third-order valence-corrected chi connectivity index (χ3v) is 1.22. The zero-order valence-corrected chi connectivity index (χ0v) is 5.88. The summed E-state index contributed by atoms with van der Waals surface area (Å²) >= 11 is 0. The molecule has 0 spiro atoms. The van der Waals surface area contributed by atoms with Gasteiger partial charge in [-0.25, -0.2) is 8.78 Å². The van der Waals surface area contributed by atoms with Crippen molar-refractivity contribution in [1.29, 1.82) is 0 Å². The highest BCUT2D eigenvalue weighted by Crippen LogP contribution is 2.25. The molecule has 0 rings (SSSR count). The standard InChI is InChI=1S/C7H12F3/c1-2-4-7(9,10)5-3-6-8/h1-6H2. The number of halogens is 3. The van der Waals surface area contributed by atoms with E-state index >= 15 is 0 Å². The fourth-order valence-corrected chi connectivity index (χ4v) is 0.709. The Labute approximate surface area is 59.4 Å². The van der Waals surface area contributed by atoms with Gasteiger partial charge in [-0.05, 0) is 12.8 Å². The maximum absolute atomic E-state index is 12.4. The first-order valence-electron chi connectivity index (χ1n) is 3.35. The lowest BCUT2D eigenvalue weighted by atomic mass is 10.1. The normalized spacial score (nSPS) is 12.0. The highest BCUT2D eigenvalue weighted by Gasteiger charge is 2.26. The fraction of sp³-hybridized carbons (Fsp3) is 0.857. The number of hydrogen-bond donors (Lipinski definition) is 0. The van der Waals surface area contributed by atoms with Gasteiger partial charge in [-0.2, -0.15) is 0 Å². The molecule has 1 radical (unpaired) electrons. The molecule has 0 unspecified atom stereocenters. The summed E-state index contributed by atoms with van der Waals surface area (Å²) in [6.07, 6.45) is -0.418. The average molecular weight is 153 g/mol. The Balaban J connectivity index is 3.42. The molecule has 0 aromatic heterocycles. The van der Waals surface area contributed by atoms with Crippen LogP contribution in [0.2, 0.25) is 0 Å². The van der Waals surface area contributed by atoms with Gasteiger partial charge in [0.15, 0.2) is 0 Å². The van der Waals surface area contributed by atoms with E-state index in [0.717, 1.165) is 0 Å². The lowest BCUT2D eigenvalue weighted by Crippen LogP contribution is -2.15. The molecule has 0 aromatic carbocycles. The minimum atomic E-state index is -2.70. The van der Waals surface area contributed by atoms with E-state index in [9.17, 15) is 13.2 Å². The van der Waals surface area contributed by atoms with Crippen molar-refractivity contribution in [3.8, 4) is 0 Å². The molecule has 0 N–H and O–H groups in total. The highest BCUT2D eigenvalue weighted by atomic mass is 19.3. The minimum Gasteiger partial charge on any atom is -0.251 e. The van der Waals surface area contributed by atoms with Gasteiger partial charge in [0.2, 0.25) is 5.92 Å². The van der Waals surface area contributed by atoms with E-state index < -0.39 is 12.6 Å². The SMILES string of the molecule is [CH2]CCC(F)(F)CCCF. The third-order valence-electron chi connectivity index (χ3n) is 1.22. The van der Waals surface area contributed by atoms with Crippen molar-refractivity contribution in [3.05, 3.63) is 6.92 Å². The number of rotatable bonds is 5. The van der Waals surface area contributed by atoms with E-state index in [4.69, 9.17) is 0 Å². The van der Waals surface area contributed by atoms with Crippen molar-refractivity contribution in [2.75, 3.05) is 6.67 Å². The Morgan fingerprint density at radius 2 is 1.80 bits per heavy atom. The molecule has 0 aliphatic rings. The van der Waals surface area contributed by atoms with Gasteiger partial charge in [0.05, 0.1) is 6.67 Å². The van der Waals surface area contributed by atoms with Gasteiger partial charge in [0, 0.05) is 12.8 Å². The van der Waals surface area contributed by atoms with Crippen LogP contribution in [-0.2, 0) is 0 Å². The van der Waals surface area contributed by atoms with Crippen LogP contribution in [0, 0.1) is 6.92 Å². The molecule has 0 nitrogen and oxygen atoms in total. The van der Waals surface area contributed by atoms with Crippen LogP contribution in [0.1, 0.15) is 25.7 Å². The molecule has 0 fully saturated rings. The topological polar surface area (TPSA) is 0 Å². The average Bonchev–Trinajstić information content (AvgIpc) is 1.84. The van der Waals surface area contributed by atoms with Gasteiger partial charge in [-0.3, -0.25) is 4.39 Å². The van der Waals surface area contributed by atoms with Crippen molar-refractivity contribution >= 4 is 0 Å². The van der Waals surface area contributed by atoms with Crippen molar-refractivity contribution in [2.45, 2.75) is 31.6 Å². The molecule has 0 saturated carbocycles. The summed E-state index contributed by atoms with van der Waals surface area (Å²) in [6.45, 7) is 2.65. The Bertz CT molecular complexity index is 80.9. The van der Waals surface area contributed by atoms with Crippen LogP contribution in [0.3, 0.4) is 0 Å². The molecule has 0 heterocycles. The molecule has 3 heteroatoms. The highest BCUT2D eigenvalue weighted by molar-refractivity contribution is 4.66. The van der Waals surface area contributed by atoms with E-state index in [-0.39, 0.29) is 25.7 Å². The lowest BCUT2D eigenvalue weighted by Gasteiger charge is -2.13. The van der Waals surface area contributed by atoms with Crippen molar-refractivity contribution in [2.24, 2.45) is 0 Å². The lowest BCUT2D eigenvalue weighted by molar-refractivity contribution is -0.0183. The fourth-order valence-electron chi connectivity index (χ4n) is 0.709. The van der Waals surface area contributed by atoms with E-state index in [2.05, 4.69) is 6.92 Å². The summed E-state index contributed by atoms with van der Waals surface area (Å²) in [5.74, 6) is -2.70. The van der Waals surface area contributed by atoms with E-state index in [1.165, 1.54) is 0 Å². The zero-order chi connectivity index (χ0) is 8.04. The van der Waals surface area contributed by atoms with Crippen LogP contribution in [0.5, 0.6) is 0 Å². The van der Waals surface area contributed by atoms with Gasteiger partial charge in [-0.1, -0.05) is 6.92 Å². The second-order valence-electron chi connectivity index (χ2n) is 2.25. The molecular formula is C7H12F3. The Morgan fingerprint density at radius 1 is 1.20 bits per heavy atom. The van der Waals surface area contributed by atoms with Crippen molar-refractivity contribution in [3.63, 3.8) is 0 Å². The van der Waals surface area contributed by atoms with Crippen LogP contribution in [-0.4, -0.2) is 12.6 Å². The third kappa shape index (κ3) is 4.65. The van der Waals surface area contributed by atoms with Crippen LogP contribution >= 0.6 is 0 Å². The van der Waals surface area contributed by atoms with Crippen molar-refractivity contribution < 1.29 is 13.2 Å². The summed E-state index contributed by atoms with van der Waals surface area (Å²) in [4.78, 5) is 0. The van der Waals surface area contributed by atoms with E-state index in [1.54, 1.807) is 0 Å². The first kappa shape index (κ1) is 9.79. The summed E-state index contributed by atoms with van der Waals surface area (Å²) in [5, 5.41) is 0. The van der Waals surface area contributed by atoms with Gasteiger partial charge in [0.25, 0.3) is 0 Å². The monoisotopic (exact) mass is 153 g/mol. The molecule has 0 aliphatic heterocycles.